The van der Waals surface area contributed by atoms with Crippen LogP contribution >= 0.6 is 0 Å². The van der Waals surface area contributed by atoms with Crippen LogP contribution in [0, 0.1) is 0 Å². The summed E-state index contributed by atoms with van der Waals surface area (Å²) in [5.74, 6) is 0. The van der Waals surface area contributed by atoms with Gasteiger partial charge in [-0.1, -0.05) is 0 Å². The molecule has 0 rings (SSSR count). The Morgan fingerprint density at radius 1 is 1.00 bits per heavy atom. The normalized spacial score (nSPS) is 13.4. The van der Waals surface area contributed by atoms with Crippen molar-refractivity contribution in [2.75, 3.05) is 33.4 Å². The average molecular weight is 356 g/mol. The number of rotatable bonds is 11. The van der Waals surface area contributed by atoms with E-state index in [4.69, 9.17) is 8.85 Å². The minimum Gasteiger partial charge on any atom is -1.00 e. The molecule has 118 valence electrons. The van der Waals surface area contributed by atoms with Crippen molar-refractivity contribution in [2.45, 2.75) is 59.5 Å². The van der Waals surface area contributed by atoms with E-state index in [1.807, 2.05) is 0 Å². The van der Waals surface area contributed by atoms with Crippen molar-refractivity contribution < 1.29 is 30.3 Å². The first-order valence-electron chi connectivity index (χ1n) is 7.61. The molecule has 0 saturated heterocycles. The van der Waals surface area contributed by atoms with Gasteiger partial charge in [-0.05, 0) is 53.5 Å². The first-order valence-corrected chi connectivity index (χ1v) is 9.37. The van der Waals surface area contributed by atoms with E-state index in [1.54, 1.807) is 0 Å². The lowest BCUT2D eigenvalue weighted by Gasteiger charge is -2.38. The highest BCUT2D eigenvalue weighted by Crippen LogP contribution is 2.17. The topological polar surface area (TPSA) is 18.5 Å². The third kappa shape index (κ3) is 8.45. The third-order valence-corrected chi connectivity index (χ3v) is 6.57. The van der Waals surface area contributed by atoms with Gasteiger partial charge in [0.1, 0.15) is 0 Å². The van der Waals surface area contributed by atoms with Crippen LogP contribution in [0.25, 0.3) is 0 Å². The van der Waals surface area contributed by atoms with Crippen molar-refractivity contribution in [3.63, 3.8) is 0 Å². The van der Waals surface area contributed by atoms with Crippen LogP contribution in [-0.4, -0.2) is 53.2 Å². The van der Waals surface area contributed by atoms with E-state index >= 15 is 0 Å². The third-order valence-electron chi connectivity index (χ3n) is 4.28. The Hall–Kier alpha value is 0.577. The van der Waals surface area contributed by atoms with Crippen molar-refractivity contribution >= 4 is 9.28 Å². The second-order valence-electron chi connectivity index (χ2n) is 5.23. The molecule has 0 aromatic rings. The average Bonchev–Trinajstić information content (AvgIpc) is 2.38. The van der Waals surface area contributed by atoms with Crippen LogP contribution in [0.5, 0.6) is 0 Å². The molecule has 0 aromatic heterocycles. The lowest BCUT2D eigenvalue weighted by molar-refractivity contribution is -0.928. The molecule has 0 spiro atoms. The van der Waals surface area contributed by atoms with E-state index in [1.165, 1.54) is 30.4 Å². The molecule has 0 aliphatic carbocycles. The van der Waals surface area contributed by atoms with Crippen LogP contribution in [0.15, 0.2) is 0 Å². The van der Waals surface area contributed by atoms with Gasteiger partial charge in [0.15, 0.2) is 0 Å². The summed E-state index contributed by atoms with van der Waals surface area (Å²) in [5.41, 5.74) is 0. The SMILES string of the molecule is CCO[SiH](CCCC(C)[N+](C)(CC)CC)OCC.[Br-]. The highest BCUT2D eigenvalue weighted by Gasteiger charge is 2.25. The van der Waals surface area contributed by atoms with Crippen LogP contribution in [0.3, 0.4) is 0 Å². The quantitative estimate of drug-likeness (QED) is 0.382. The Morgan fingerprint density at radius 2 is 1.47 bits per heavy atom. The van der Waals surface area contributed by atoms with Gasteiger partial charge in [0.25, 0.3) is 0 Å². The van der Waals surface area contributed by atoms with E-state index in [0.29, 0.717) is 0 Å². The molecule has 0 N–H and O–H groups in total. The van der Waals surface area contributed by atoms with E-state index in [-0.39, 0.29) is 17.0 Å². The lowest BCUT2D eigenvalue weighted by atomic mass is 10.1. The maximum atomic E-state index is 5.71. The number of hydrogen-bond donors (Lipinski definition) is 0. The van der Waals surface area contributed by atoms with Crippen LogP contribution in [0.1, 0.15) is 47.5 Å². The highest BCUT2D eigenvalue weighted by atomic mass is 79.9. The van der Waals surface area contributed by atoms with Crippen molar-refractivity contribution in [3.05, 3.63) is 0 Å². The van der Waals surface area contributed by atoms with E-state index in [2.05, 4.69) is 41.7 Å². The summed E-state index contributed by atoms with van der Waals surface area (Å²) in [5, 5.41) is 0. The van der Waals surface area contributed by atoms with Crippen LogP contribution in [-0.2, 0) is 8.85 Å². The van der Waals surface area contributed by atoms with Crippen LogP contribution in [0.2, 0.25) is 6.04 Å². The number of nitrogens with zero attached hydrogens (tertiary/aromatic N) is 1. The van der Waals surface area contributed by atoms with Crippen molar-refractivity contribution in [1.82, 2.24) is 0 Å². The minimum atomic E-state index is -1.37. The Kier molecular flexibility index (Phi) is 14.2. The summed E-state index contributed by atoms with van der Waals surface area (Å²) >= 11 is 0. The molecule has 0 fully saturated rings. The van der Waals surface area contributed by atoms with Gasteiger partial charge in [-0.2, -0.15) is 0 Å². The Labute approximate surface area is 132 Å². The molecule has 0 heterocycles. The van der Waals surface area contributed by atoms with Gasteiger partial charge in [-0.25, -0.2) is 0 Å². The summed E-state index contributed by atoms with van der Waals surface area (Å²) in [6.45, 7) is 15.1. The number of quaternary nitrogens is 1. The molecule has 0 aliphatic rings. The van der Waals surface area contributed by atoms with Crippen molar-refractivity contribution in [3.8, 4) is 0 Å². The molecule has 0 amide bonds. The molecule has 19 heavy (non-hydrogen) atoms. The second-order valence-corrected chi connectivity index (χ2v) is 7.34. The summed E-state index contributed by atoms with van der Waals surface area (Å²) in [4.78, 5) is 0. The van der Waals surface area contributed by atoms with Gasteiger partial charge in [-0.15, -0.1) is 0 Å². The first-order chi connectivity index (χ1) is 8.53. The fourth-order valence-corrected chi connectivity index (χ4v) is 4.07. The zero-order valence-corrected chi connectivity index (χ0v) is 16.5. The number of halogens is 1. The largest absolute Gasteiger partial charge is 1.00 e. The molecule has 0 saturated carbocycles. The van der Waals surface area contributed by atoms with Gasteiger partial charge >= 0.3 is 9.28 Å². The van der Waals surface area contributed by atoms with Crippen molar-refractivity contribution in [1.29, 1.82) is 0 Å². The highest BCUT2D eigenvalue weighted by molar-refractivity contribution is 6.44. The maximum absolute atomic E-state index is 5.71. The summed E-state index contributed by atoms with van der Waals surface area (Å²) in [6, 6.07) is 1.89. The number of hydrogen-bond acceptors (Lipinski definition) is 2. The van der Waals surface area contributed by atoms with Crippen molar-refractivity contribution in [2.24, 2.45) is 0 Å². The van der Waals surface area contributed by atoms with Crippen LogP contribution in [0.4, 0.5) is 0 Å². The fraction of sp³-hybridized carbons (Fsp3) is 1.00. The molecule has 5 heteroatoms. The fourth-order valence-electron chi connectivity index (χ4n) is 2.33. The molecule has 0 aliphatic heterocycles. The zero-order chi connectivity index (χ0) is 14.0. The van der Waals surface area contributed by atoms with E-state index < -0.39 is 9.28 Å². The van der Waals surface area contributed by atoms with Gasteiger partial charge in [0.2, 0.25) is 0 Å². The molecular weight excluding hydrogens is 322 g/mol. The first kappa shape index (κ1) is 21.9. The molecule has 1 atom stereocenters. The van der Waals surface area contributed by atoms with E-state index in [0.717, 1.165) is 25.3 Å². The van der Waals surface area contributed by atoms with Crippen LogP contribution < -0.4 is 17.0 Å². The summed E-state index contributed by atoms with van der Waals surface area (Å²) < 4.78 is 12.6. The molecular formula is C14H34BrNO2Si. The van der Waals surface area contributed by atoms with Gasteiger partial charge in [0.05, 0.1) is 26.2 Å². The van der Waals surface area contributed by atoms with Gasteiger partial charge < -0.3 is 30.3 Å². The Morgan fingerprint density at radius 3 is 1.84 bits per heavy atom. The summed E-state index contributed by atoms with van der Waals surface area (Å²) in [7, 11) is 0.994. The lowest BCUT2D eigenvalue weighted by Crippen LogP contribution is -3.00. The minimum absolute atomic E-state index is 0. The Bertz CT molecular complexity index is 198. The smallest absolute Gasteiger partial charge is 0.321 e. The standard InChI is InChI=1S/C14H34NO2Si.BrH/c1-7-15(6,8-2)14(5)12-11-13-18(16-9-3)17-10-4;/h14,18H,7-13H2,1-6H3;1H/q+1;/p-1. The molecule has 0 aromatic carbocycles. The second kappa shape index (κ2) is 12.3. The van der Waals surface area contributed by atoms with Gasteiger partial charge in [-0.3, -0.25) is 0 Å². The zero-order valence-electron chi connectivity index (χ0n) is 13.7. The molecule has 0 bridgehead atoms. The molecule has 0 radical (unpaired) electrons. The van der Waals surface area contributed by atoms with Gasteiger partial charge in [0, 0.05) is 13.2 Å². The predicted octanol–water partition coefficient (Wildman–Crippen LogP) is -0.0610. The molecule has 3 nitrogen and oxygen atoms in total. The Balaban J connectivity index is 0. The van der Waals surface area contributed by atoms with E-state index in [9.17, 15) is 0 Å². The predicted molar refractivity (Wildman–Crippen MR) is 81.2 cm³/mol. The summed E-state index contributed by atoms with van der Waals surface area (Å²) in [6.07, 6.45) is 2.52. The monoisotopic (exact) mass is 355 g/mol. The molecule has 1 unspecified atom stereocenters. The maximum Gasteiger partial charge on any atom is 0.321 e.